The third kappa shape index (κ3) is 9.38. The molecule has 0 aliphatic rings. The van der Waals surface area contributed by atoms with Crippen molar-refractivity contribution in [1.29, 1.82) is 0 Å². The maximum absolute atomic E-state index is 10.5. The number of hydrogen-bond donors (Lipinski definition) is 3. The van der Waals surface area contributed by atoms with Gasteiger partial charge in [-0.25, -0.2) is 5.90 Å². The van der Waals surface area contributed by atoms with E-state index in [-0.39, 0.29) is 13.1 Å². The molecular weight excluding hydrogens is 216 g/mol. The number of unbranched alkanes of at least 4 members (excludes halogenated alkanes) is 2. The van der Waals surface area contributed by atoms with Crippen LogP contribution in [0.4, 0.5) is 0 Å². The van der Waals surface area contributed by atoms with Gasteiger partial charge in [0.2, 0.25) is 0 Å². The standard InChI is InChI=1S/C9H18N2O5/c10-16-5-3-1-2-4-11(6-8(12)13)7-9(14)15/h1-7,10H2,(H,12,13)(H,14,15). The molecule has 0 aromatic heterocycles. The van der Waals surface area contributed by atoms with Gasteiger partial charge < -0.3 is 15.1 Å². The van der Waals surface area contributed by atoms with Gasteiger partial charge in [-0.3, -0.25) is 14.5 Å². The molecular formula is C9H18N2O5. The average Bonchev–Trinajstić information content (AvgIpc) is 2.15. The number of rotatable bonds is 10. The van der Waals surface area contributed by atoms with Crippen molar-refractivity contribution >= 4 is 11.9 Å². The molecule has 0 aliphatic heterocycles. The van der Waals surface area contributed by atoms with Crippen LogP contribution in [-0.2, 0) is 14.4 Å². The van der Waals surface area contributed by atoms with E-state index in [1.54, 1.807) is 0 Å². The summed E-state index contributed by atoms with van der Waals surface area (Å²) >= 11 is 0. The van der Waals surface area contributed by atoms with Crippen LogP contribution in [0.25, 0.3) is 0 Å². The molecule has 0 unspecified atom stereocenters. The summed E-state index contributed by atoms with van der Waals surface area (Å²) in [4.78, 5) is 26.7. The summed E-state index contributed by atoms with van der Waals surface area (Å²) in [6.45, 7) is 0.403. The number of carboxylic acid groups (broad SMARTS) is 2. The van der Waals surface area contributed by atoms with E-state index in [0.717, 1.165) is 19.3 Å². The molecule has 0 heterocycles. The molecule has 0 amide bonds. The van der Waals surface area contributed by atoms with Crippen molar-refractivity contribution in [3.63, 3.8) is 0 Å². The Morgan fingerprint density at radius 3 is 2.06 bits per heavy atom. The zero-order valence-electron chi connectivity index (χ0n) is 9.09. The Balaban J connectivity index is 3.73. The van der Waals surface area contributed by atoms with Crippen molar-refractivity contribution in [3.8, 4) is 0 Å². The summed E-state index contributed by atoms with van der Waals surface area (Å²) in [6, 6.07) is 0. The molecule has 0 aromatic rings. The van der Waals surface area contributed by atoms with E-state index in [0.29, 0.717) is 13.2 Å². The molecule has 7 heteroatoms. The number of carbonyl (C=O) groups is 2. The van der Waals surface area contributed by atoms with Crippen molar-refractivity contribution in [2.24, 2.45) is 5.90 Å². The van der Waals surface area contributed by atoms with E-state index in [4.69, 9.17) is 16.1 Å². The van der Waals surface area contributed by atoms with Crippen LogP contribution in [0, 0.1) is 0 Å². The van der Waals surface area contributed by atoms with E-state index in [1.165, 1.54) is 4.90 Å². The lowest BCUT2D eigenvalue weighted by molar-refractivity contribution is -0.141. The highest BCUT2D eigenvalue weighted by Gasteiger charge is 2.12. The molecule has 0 bridgehead atoms. The van der Waals surface area contributed by atoms with Gasteiger partial charge in [0.05, 0.1) is 19.7 Å². The Hall–Kier alpha value is -1.18. The van der Waals surface area contributed by atoms with Crippen LogP contribution in [0.3, 0.4) is 0 Å². The monoisotopic (exact) mass is 234 g/mol. The van der Waals surface area contributed by atoms with Crippen LogP contribution in [0.2, 0.25) is 0 Å². The maximum atomic E-state index is 10.5. The van der Waals surface area contributed by atoms with Gasteiger partial charge in [0.25, 0.3) is 0 Å². The van der Waals surface area contributed by atoms with Crippen LogP contribution in [0.5, 0.6) is 0 Å². The highest BCUT2D eigenvalue weighted by Crippen LogP contribution is 1.99. The molecule has 0 atom stereocenters. The van der Waals surface area contributed by atoms with Crippen LogP contribution < -0.4 is 5.90 Å². The lowest BCUT2D eigenvalue weighted by atomic mass is 10.2. The zero-order chi connectivity index (χ0) is 12.4. The van der Waals surface area contributed by atoms with Crippen LogP contribution >= 0.6 is 0 Å². The van der Waals surface area contributed by atoms with Gasteiger partial charge in [-0.15, -0.1) is 0 Å². The van der Waals surface area contributed by atoms with Crippen LogP contribution in [0.1, 0.15) is 19.3 Å². The molecule has 0 spiro atoms. The van der Waals surface area contributed by atoms with E-state index >= 15 is 0 Å². The highest BCUT2D eigenvalue weighted by atomic mass is 16.6. The predicted molar refractivity (Wildman–Crippen MR) is 55.7 cm³/mol. The van der Waals surface area contributed by atoms with E-state index in [9.17, 15) is 9.59 Å². The number of nitrogens with zero attached hydrogens (tertiary/aromatic N) is 1. The summed E-state index contributed by atoms with van der Waals surface area (Å²) in [6.07, 6.45) is 2.33. The van der Waals surface area contributed by atoms with Crippen LogP contribution in [0.15, 0.2) is 0 Å². The van der Waals surface area contributed by atoms with Gasteiger partial charge in [-0.1, -0.05) is 0 Å². The molecule has 4 N–H and O–H groups in total. The van der Waals surface area contributed by atoms with Crippen molar-refractivity contribution in [3.05, 3.63) is 0 Å². The largest absolute Gasteiger partial charge is 0.480 e. The fourth-order valence-electron chi connectivity index (χ4n) is 1.29. The number of aliphatic carboxylic acids is 2. The molecule has 0 aliphatic carbocycles. The minimum atomic E-state index is -1.02. The van der Waals surface area contributed by atoms with Crippen molar-refractivity contribution in [2.75, 3.05) is 26.2 Å². The first-order valence-corrected chi connectivity index (χ1v) is 5.04. The van der Waals surface area contributed by atoms with E-state index in [1.807, 2.05) is 0 Å². The molecule has 0 saturated heterocycles. The molecule has 0 rings (SSSR count). The highest BCUT2D eigenvalue weighted by molar-refractivity contribution is 5.72. The zero-order valence-corrected chi connectivity index (χ0v) is 9.09. The van der Waals surface area contributed by atoms with Crippen molar-refractivity contribution in [1.82, 2.24) is 4.90 Å². The fraction of sp³-hybridized carbons (Fsp3) is 0.778. The van der Waals surface area contributed by atoms with E-state index < -0.39 is 11.9 Å². The first-order chi connectivity index (χ1) is 7.56. The van der Waals surface area contributed by atoms with Gasteiger partial charge in [0, 0.05) is 0 Å². The first-order valence-electron chi connectivity index (χ1n) is 5.04. The topological polar surface area (TPSA) is 113 Å². The van der Waals surface area contributed by atoms with Gasteiger partial charge >= 0.3 is 11.9 Å². The Morgan fingerprint density at radius 1 is 1.06 bits per heavy atom. The Labute approximate surface area is 93.7 Å². The summed E-state index contributed by atoms with van der Waals surface area (Å²) < 4.78 is 0. The van der Waals surface area contributed by atoms with Crippen LogP contribution in [-0.4, -0.2) is 53.3 Å². The SMILES string of the molecule is NOCCCCCN(CC(=O)O)CC(=O)O. The second-order valence-electron chi connectivity index (χ2n) is 3.43. The predicted octanol–water partition coefficient (Wildman–Crippen LogP) is -0.482. The Kier molecular flexibility index (Phi) is 8.41. The molecule has 0 aromatic carbocycles. The Bertz CT molecular complexity index is 206. The molecule has 0 fully saturated rings. The second kappa shape index (κ2) is 9.08. The molecule has 0 radical (unpaired) electrons. The van der Waals surface area contributed by atoms with Crippen molar-refractivity contribution in [2.45, 2.75) is 19.3 Å². The number of nitrogens with two attached hydrogens (primary N) is 1. The molecule has 16 heavy (non-hydrogen) atoms. The minimum absolute atomic E-state index is 0.250. The quantitative estimate of drug-likeness (QED) is 0.345. The summed E-state index contributed by atoms with van der Waals surface area (Å²) in [5.41, 5.74) is 0. The smallest absolute Gasteiger partial charge is 0.317 e. The van der Waals surface area contributed by atoms with Gasteiger partial charge in [-0.05, 0) is 25.8 Å². The molecule has 0 saturated carbocycles. The number of carboxylic acids is 2. The number of hydrogen-bond acceptors (Lipinski definition) is 5. The van der Waals surface area contributed by atoms with Gasteiger partial charge in [0.15, 0.2) is 0 Å². The summed E-state index contributed by atoms with van der Waals surface area (Å²) in [5, 5.41) is 17.1. The lowest BCUT2D eigenvalue weighted by Crippen LogP contribution is -2.35. The average molecular weight is 234 g/mol. The normalized spacial score (nSPS) is 10.6. The lowest BCUT2D eigenvalue weighted by Gasteiger charge is -2.17. The minimum Gasteiger partial charge on any atom is -0.480 e. The third-order valence-electron chi connectivity index (χ3n) is 1.95. The fourth-order valence-corrected chi connectivity index (χ4v) is 1.29. The van der Waals surface area contributed by atoms with E-state index in [2.05, 4.69) is 4.84 Å². The maximum Gasteiger partial charge on any atom is 0.317 e. The van der Waals surface area contributed by atoms with Gasteiger partial charge in [0.1, 0.15) is 0 Å². The van der Waals surface area contributed by atoms with Crippen molar-refractivity contribution < 1.29 is 24.6 Å². The third-order valence-corrected chi connectivity index (χ3v) is 1.95. The van der Waals surface area contributed by atoms with Gasteiger partial charge in [-0.2, -0.15) is 0 Å². The summed E-state index contributed by atoms with van der Waals surface area (Å²) in [5.74, 6) is 2.79. The summed E-state index contributed by atoms with van der Waals surface area (Å²) in [7, 11) is 0. The molecule has 7 nitrogen and oxygen atoms in total. The Morgan fingerprint density at radius 2 is 1.62 bits per heavy atom. The first kappa shape index (κ1) is 14.8. The second-order valence-corrected chi connectivity index (χ2v) is 3.43. The molecule has 94 valence electrons.